The molecule has 2 aromatic carbocycles. The summed E-state index contributed by atoms with van der Waals surface area (Å²) in [6.45, 7) is 12.0. The number of anilines is 1. The number of carboxylic acid groups (broad SMARTS) is 1. The lowest BCUT2D eigenvalue weighted by molar-refractivity contribution is -0.160. The second kappa shape index (κ2) is 12.1. The molecule has 0 radical (unpaired) electrons. The van der Waals surface area contributed by atoms with Crippen molar-refractivity contribution in [1.29, 1.82) is 0 Å². The van der Waals surface area contributed by atoms with Crippen molar-refractivity contribution < 1.29 is 28.6 Å². The molecule has 6 rings (SSSR count). The first-order chi connectivity index (χ1) is 21.9. The number of pyridine rings is 1. The molecule has 2 aromatic heterocycles. The van der Waals surface area contributed by atoms with Gasteiger partial charge in [0.05, 0.1) is 12.2 Å². The number of hydrogen-bond donors (Lipinski definition) is 1. The summed E-state index contributed by atoms with van der Waals surface area (Å²) in [4.78, 5) is 35.8. The van der Waals surface area contributed by atoms with Gasteiger partial charge in [0.15, 0.2) is 17.7 Å². The highest BCUT2D eigenvalue weighted by atomic mass is 19.1. The average Bonchev–Trinajstić information content (AvgIpc) is 3.36. The van der Waals surface area contributed by atoms with Crippen molar-refractivity contribution in [2.75, 3.05) is 37.7 Å². The highest BCUT2D eigenvalue weighted by Gasteiger charge is 2.35. The first-order valence-corrected chi connectivity index (χ1v) is 15.8. The zero-order valence-electron chi connectivity index (χ0n) is 27.3. The van der Waals surface area contributed by atoms with E-state index in [4.69, 9.17) is 14.5 Å². The van der Waals surface area contributed by atoms with Crippen molar-refractivity contribution in [1.82, 2.24) is 14.5 Å². The highest BCUT2D eigenvalue weighted by molar-refractivity contribution is 6.05. The SMILES string of the molecule is Cc1nc2c(cc(C(=O)N3CCN(c4ccccc4)CC3)n2C)c(-c2cc(F)c3c(c2C)CCCO3)c1[C@H](OC(C)(C)C)C(=O)O. The molecule has 0 unspecified atom stereocenters. The van der Waals surface area contributed by atoms with Crippen molar-refractivity contribution >= 4 is 28.6 Å². The molecule has 1 amide bonds. The van der Waals surface area contributed by atoms with Gasteiger partial charge in [0.2, 0.25) is 0 Å². The van der Waals surface area contributed by atoms with E-state index in [0.717, 1.165) is 23.2 Å². The van der Waals surface area contributed by atoms with Crippen LogP contribution in [0.3, 0.4) is 0 Å². The number of carboxylic acids is 1. The lowest BCUT2D eigenvalue weighted by atomic mass is 9.86. The number of aliphatic carboxylic acids is 1. The molecule has 4 aromatic rings. The van der Waals surface area contributed by atoms with E-state index in [2.05, 4.69) is 17.0 Å². The van der Waals surface area contributed by atoms with Gasteiger partial charge in [-0.15, -0.1) is 0 Å². The van der Waals surface area contributed by atoms with Gasteiger partial charge in [-0.25, -0.2) is 14.2 Å². The van der Waals surface area contributed by atoms with Gasteiger partial charge in [-0.2, -0.15) is 0 Å². The number of aromatic nitrogens is 2. The number of carbonyl (C=O) groups excluding carboxylic acids is 1. The summed E-state index contributed by atoms with van der Waals surface area (Å²) < 4.78 is 29.3. The Kier molecular flexibility index (Phi) is 8.27. The van der Waals surface area contributed by atoms with Crippen molar-refractivity contribution in [3.63, 3.8) is 0 Å². The fraction of sp³-hybridized carbons (Fsp3) is 0.417. The number of fused-ring (bicyclic) bond motifs is 2. The second-order valence-electron chi connectivity index (χ2n) is 13.2. The Morgan fingerprint density at radius 2 is 1.76 bits per heavy atom. The maximum atomic E-state index is 15.7. The Bertz CT molecular complexity index is 1820. The first-order valence-electron chi connectivity index (χ1n) is 15.8. The van der Waals surface area contributed by atoms with Gasteiger partial charge in [0.1, 0.15) is 11.3 Å². The molecule has 242 valence electrons. The van der Waals surface area contributed by atoms with Crippen LogP contribution in [0, 0.1) is 19.7 Å². The molecular weight excluding hydrogens is 587 g/mol. The Hall–Kier alpha value is -4.44. The smallest absolute Gasteiger partial charge is 0.337 e. The van der Waals surface area contributed by atoms with Gasteiger partial charge < -0.3 is 28.9 Å². The number of nitrogens with zero attached hydrogens (tertiary/aromatic N) is 4. The van der Waals surface area contributed by atoms with Gasteiger partial charge in [-0.1, -0.05) is 18.2 Å². The second-order valence-corrected chi connectivity index (χ2v) is 13.2. The Balaban J connectivity index is 1.51. The molecule has 4 heterocycles. The molecular formula is C36H41FN4O5. The molecule has 2 aliphatic rings. The van der Waals surface area contributed by atoms with Crippen LogP contribution in [0.2, 0.25) is 0 Å². The lowest BCUT2D eigenvalue weighted by Crippen LogP contribution is -2.49. The molecule has 1 atom stereocenters. The normalized spacial score (nSPS) is 15.9. The van der Waals surface area contributed by atoms with Gasteiger partial charge in [-0.05, 0) is 82.9 Å². The zero-order chi connectivity index (χ0) is 32.9. The third-order valence-electron chi connectivity index (χ3n) is 8.97. The van der Waals surface area contributed by atoms with Crippen LogP contribution >= 0.6 is 0 Å². The molecule has 10 heteroatoms. The number of rotatable bonds is 6. The molecule has 0 aliphatic carbocycles. The van der Waals surface area contributed by atoms with E-state index in [-0.39, 0.29) is 11.7 Å². The minimum absolute atomic E-state index is 0.138. The van der Waals surface area contributed by atoms with Crippen LogP contribution in [0.25, 0.3) is 22.2 Å². The van der Waals surface area contributed by atoms with Crippen molar-refractivity contribution in [3.05, 3.63) is 76.4 Å². The van der Waals surface area contributed by atoms with Crippen LogP contribution in [-0.4, -0.2) is 69.8 Å². The molecule has 2 aliphatic heterocycles. The molecule has 0 spiro atoms. The minimum atomic E-state index is -1.38. The van der Waals surface area contributed by atoms with Crippen molar-refractivity contribution in [2.45, 2.75) is 59.2 Å². The quantitative estimate of drug-likeness (QED) is 0.271. The van der Waals surface area contributed by atoms with E-state index in [0.29, 0.717) is 78.3 Å². The zero-order valence-corrected chi connectivity index (χ0v) is 27.3. The summed E-state index contributed by atoms with van der Waals surface area (Å²) in [6, 6.07) is 13.3. The van der Waals surface area contributed by atoms with Crippen LogP contribution in [0.15, 0.2) is 42.5 Å². The maximum absolute atomic E-state index is 15.7. The molecule has 46 heavy (non-hydrogen) atoms. The number of para-hydroxylation sites is 1. The number of hydrogen-bond acceptors (Lipinski definition) is 6. The predicted molar refractivity (Wildman–Crippen MR) is 175 cm³/mol. The van der Waals surface area contributed by atoms with E-state index in [1.165, 1.54) is 6.07 Å². The topological polar surface area (TPSA) is 97.1 Å². The van der Waals surface area contributed by atoms with E-state index in [1.54, 1.807) is 45.4 Å². The molecule has 0 bridgehead atoms. The molecule has 1 fully saturated rings. The van der Waals surface area contributed by atoms with Crippen LogP contribution in [0.4, 0.5) is 10.1 Å². The number of amides is 1. The summed E-state index contributed by atoms with van der Waals surface area (Å²) >= 11 is 0. The van der Waals surface area contributed by atoms with Crippen molar-refractivity contribution in [2.24, 2.45) is 7.05 Å². The molecule has 1 saturated heterocycles. The molecule has 0 saturated carbocycles. The number of ether oxygens (including phenoxy) is 2. The number of piperazine rings is 1. The predicted octanol–water partition coefficient (Wildman–Crippen LogP) is 6.22. The van der Waals surface area contributed by atoms with Gasteiger partial charge in [-0.3, -0.25) is 4.79 Å². The monoisotopic (exact) mass is 628 g/mol. The van der Waals surface area contributed by atoms with Crippen LogP contribution in [-0.2, 0) is 23.0 Å². The lowest BCUT2D eigenvalue weighted by Gasteiger charge is -2.36. The number of benzene rings is 2. The summed E-state index contributed by atoms with van der Waals surface area (Å²) in [5, 5.41) is 11.0. The number of halogens is 1. The van der Waals surface area contributed by atoms with Crippen molar-refractivity contribution in [3.8, 4) is 16.9 Å². The maximum Gasteiger partial charge on any atom is 0.337 e. The van der Waals surface area contributed by atoms with Crippen LogP contribution in [0.1, 0.15) is 66.2 Å². The van der Waals surface area contributed by atoms with E-state index < -0.39 is 23.5 Å². The standard InChI is InChI=1S/C36H41FN4O5/c1-21-24-13-10-18-45-31(24)27(37)19-25(21)30-26-20-28(34(42)41-16-14-40(15-17-41)23-11-8-7-9-12-23)39(6)33(26)38-22(2)29(30)32(35(43)44)46-36(3,4)5/h7-9,11-12,19-20,32H,10,13-18H2,1-6H3,(H,43,44)/t32-/m0/s1. The highest BCUT2D eigenvalue weighted by Crippen LogP contribution is 2.45. The first kappa shape index (κ1) is 31.5. The van der Waals surface area contributed by atoms with E-state index in [1.807, 2.05) is 30.0 Å². The van der Waals surface area contributed by atoms with Crippen LogP contribution < -0.4 is 9.64 Å². The summed E-state index contributed by atoms with van der Waals surface area (Å²) in [6.07, 6.45) is 0.0101. The fourth-order valence-electron chi connectivity index (χ4n) is 6.75. The number of carbonyl (C=O) groups is 2. The largest absolute Gasteiger partial charge is 0.490 e. The van der Waals surface area contributed by atoms with E-state index in [9.17, 15) is 14.7 Å². The van der Waals surface area contributed by atoms with Crippen LogP contribution in [0.5, 0.6) is 5.75 Å². The Morgan fingerprint density at radius 1 is 1.07 bits per heavy atom. The van der Waals surface area contributed by atoms with Gasteiger partial charge in [0.25, 0.3) is 5.91 Å². The summed E-state index contributed by atoms with van der Waals surface area (Å²) in [7, 11) is 1.79. The average molecular weight is 629 g/mol. The van der Waals surface area contributed by atoms with E-state index >= 15 is 4.39 Å². The Morgan fingerprint density at radius 3 is 2.41 bits per heavy atom. The number of aryl methyl sites for hydroxylation is 2. The molecule has 1 N–H and O–H groups in total. The third kappa shape index (κ3) is 5.70. The summed E-state index contributed by atoms with van der Waals surface area (Å²) in [5.41, 5.74) is 4.65. The molecule has 9 nitrogen and oxygen atoms in total. The minimum Gasteiger partial charge on any atom is -0.490 e. The Labute approximate surface area is 268 Å². The fourth-order valence-corrected chi connectivity index (χ4v) is 6.75. The van der Waals surface area contributed by atoms with Gasteiger partial charge in [0, 0.05) is 66.7 Å². The third-order valence-corrected chi connectivity index (χ3v) is 8.97. The van der Waals surface area contributed by atoms with Gasteiger partial charge >= 0.3 is 5.97 Å². The summed E-state index contributed by atoms with van der Waals surface area (Å²) in [5.74, 6) is -1.57.